The normalized spacial score (nSPS) is 19.3. The highest BCUT2D eigenvalue weighted by atomic mass is 19.4. The summed E-state index contributed by atoms with van der Waals surface area (Å²) in [6.07, 6.45) is 1.52. The van der Waals surface area contributed by atoms with Crippen molar-refractivity contribution in [2.75, 3.05) is 11.9 Å². The van der Waals surface area contributed by atoms with Crippen LogP contribution in [0, 0.1) is 0 Å². The summed E-state index contributed by atoms with van der Waals surface area (Å²) in [5.41, 5.74) is 2.57. The number of pyridine rings is 1. The Morgan fingerprint density at radius 1 is 1.21 bits per heavy atom. The number of fused-ring (bicyclic) bond motifs is 1. The van der Waals surface area contributed by atoms with Crippen molar-refractivity contribution in [3.8, 4) is 0 Å². The highest BCUT2D eigenvalue weighted by Gasteiger charge is 2.33. The smallest absolute Gasteiger partial charge is 0.333 e. The highest BCUT2D eigenvalue weighted by molar-refractivity contribution is 5.59. The van der Waals surface area contributed by atoms with E-state index in [1.165, 1.54) is 17.3 Å². The van der Waals surface area contributed by atoms with Gasteiger partial charge in [-0.05, 0) is 49.3 Å². The van der Waals surface area contributed by atoms with Crippen LogP contribution in [-0.4, -0.2) is 12.0 Å². The van der Waals surface area contributed by atoms with Gasteiger partial charge in [-0.1, -0.05) is 0 Å². The quantitative estimate of drug-likeness (QED) is 0.709. The molecule has 5 heteroatoms. The average molecular weight is 268 g/mol. The zero-order valence-corrected chi connectivity index (χ0v) is 10.7. The molecule has 0 bridgehead atoms. The van der Waals surface area contributed by atoms with Crippen molar-refractivity contribution in [2.45, 2.75) is 38.3 Å². The summed E-state index contributed by atoms with van der Waals surface area (Å²) in [4.78, 5) is 6.00. The molecule has 102 valence electrons. The zero-order valence-electron chi connectivity index (χ0n) is 10.7. The number of hydrogen-bond acceptors (Lipinski definition) is 2. The fraction of sp³-hybridized carbons (Fsp3) is 0.500. The van der Waals surface area contributed by atoms with E-state index in [2.05, 4.69) is 4.98 Å². The number of anilines is 1. The number of halogens is 3. The maximum absolute atomic E-state index is 12.7. The molecular formula is C14H15F3N2. The number of alkyl halides is 3. The molecule has 0 fully saturated rings. The summed E-state index contributed by atoms with van der Waals surface area (Å²) in [7, 11) is 1.90. The van der Waals surface area contributed by atoms with Gasteiger partial charge in [0.2, 0.25) is 0 Å². The Morgan fingerprint density at radius 2 is 1.95 bits per heavy atom. The van der Waals surface area contributed by atoms with Crippen LogP contribution in [0.1, 0.15) is 36.8 Å². The largest absolute Gasteiger partial charge is 0.417 e. The lowest BCUT2D eigenvalue weighted by atomic mass is 9.88. The molecule has 0 aromatic carbocycles. The van der Waals surface area contributed by atoms with E-state index < -0.39 is 11.7 Å². The molecule has 1 aromatic rings. The Labute approximate surface area is 109 Å². The van der Waals surface area contributed by atoms with E-state index in [0.717, 1.165) is 31.9 Å². The van der Waals surface area contributed by atoms with Gasteiger partial charge in [-0.15, -0.1) is 0 Å². The molecule has 2 heterocycles. The topological polar surface area (TPSA) is 16.1 Å². The summed E-state index contributed by atoms with van der Waals surface area (Å²) < 4.78 is 38.2. The molecule has 0 unspecified atom stereocenters. The molecule has 19 heavy (non-hydrogen) atoms. The molecule has 1 aliphatic heterocycles. The van der Waals surface area contributed by atoms with Gasteiger partial charge in [0.05, 0.1) is 5.56 Å². The van der Waals surface area contributed by atoms with Crippen molar-refractivity contribution in [1.82, 2.24) is 4.98 Å². The van der Waals surface area contributed by atoms with Crippen LogP contribution in [0.2, 0.25) is 0 Å². The zero-order chi connectivity index (χ0) is 13.6. The Bertz CT molecular complexity index is 546. The minimum absolute atomic E-state index is 0.617. The van der Waals surface area contributed by atoms with Gasteiger partial charge in [-0.2, -0.15) is 13.2 Å². The van der Waals surface area contributed by atoms with Crippen LogP contribution in [0.15, 0.2) is 23.5 Å². The first kappa shape index (κ1) is 12.5. The van der Waals surface area contributed by atoms with Crippen molar-refractivity contribution in [3.63, 3.8) is 0 Å². The molecular weight excluding hydrogens is 253 g/mol. The van der Waals surface area contributed by atoms with E-state index in [-0.39, 0.29) is 0 Å². The van der Waals surface area contributed by atoms with E-state index in [9.17, 15) is 13.2 Å². The van der Waals surface area contributed by atoms with Gasteiger partial charge >= 0.3 is 6.18 Å². The Kier molecular flexibility index (Phi) is 2.80. The lowest BCUT2D eigenvalue weighted by Crippen LogP contribution is -2.27. The Hall–Kier alpha value is -1.52. The summed E-state index contributed by atoms with van der Waals surface area (Å²) in [6.45, 7) is 0. The van der Waals surface area contributed by atoms with Gasteiger partial charge in [0.1, 0.15) is 5.82 Å². The van der Waals surface area contributed by atoms with Crippen LogP contribution in [0.25, 0.3) is 0 Å². The second kappa shape index (κ2) is 4.25. The number of nitrogens with zero attached hydrogens (tertiary/aromatic N) is 2. The van der Waals surface area contributed by atoms with Crippen molar-refractivity contribution in [3.05, 3.63) is 34.7 Å². The van der Waals surface area contributed by atoms with Crippen molar-refractivity contribution in [1.29, 1.82) is 0 Å². The first-order valence-corrected chi connectivity index (χ1v) is 6.47. The SMILES string of the molecule is CN1C2=C(CCCC2)Cc2cc(C(F)(F)F)cnc21. The molecule has 0 spiro atoms. The highest BCUT2D eigenvalue weighted by Crippen LogP contribution is 2.39. The van der Waals surface area contributed by atoms with Crippen LogP contribution >= 0.6 is 0 Å². The molecule has 2 aliphatic rings. The summed E-state index contributed by atoms with van der Waals surface area (Å²) in [6, 6.07) is 1.25. The molecule has 3 rings (SSSR count). The molecule has 0 saturated heterocycles. The van der Waals surface area contributed by atoms with Crippen LogP contribution in [-0.2, 0) is 12.6 Å². The third-order valence-electron chi connectivity index (χ3n) is 3.95. The van der Waals surface area contributed by atoms with Gasteiger partial charge in [-0.25, -0.2) is 4.98 Å². The fourth-order valence-corrected chi connectivity index (χ4v) is 3.00. The summed E-state index contributed by atoms with van der Waals surface area (Å²) in [5, 5.41) is 0. The summed E-state index contributed by atoms with van der Waals surface area (Å²) in [5.74, 6) is 0.675. The lowest BCUT2D eigenvalue weighted by molar-refractivity contribution is -0.137. The summed E-state index contributed by atoms with van der Waals surface area (Å²) >= 11 is 0. The van der Waals surface area contributed by atoms with Gasteiger partial charge < -0.3 is 4.90 Å². The first-order chi connectivity index (χ1) is 8.97. The van der Waals surface area contributed by atoms with E-state index >= 15 is 0 Å². The molecule has 0 N–H and O–H groups in total. The standard InChI is InChI=1S/C14H15F3N2/c1-19-12-5-3-2-4-9(12)6-10-7-11(14(15,16)17)8-18-13(10)19/h7-8H,2-6H2,1H3. The Morgan fingerprint density at radius 3 is 2.68 bits per heavy atom. The van der Waals surface area contributed by atoms with E-state index in [1.807, 2.05) is 11.9 Å². The third-order valence-corrected chi connectivity index (χ3v) is 3.95. The molecule has 1 aliphatic carbocycles. The van der Waals surface area contributed by atoms with E-state index in [4.69, 9.17) is 0 Å². The van der Waals surface area contributed by atoms with Crippen LogP contribution in [0.5, 0.6) is 0 Å². The van der Waals surface area contributed by atoms with Gasteiger partial charge in [0, 0.05) is 18.9 Å². The van der Waals surface area contributed by atoms with Crippen molar-refractivity contribution >= 4 is 5.82 Å². The number of hydrogen-bond donors (Lipinski definition) is 0. The van der Waals surface area contributed by atoms with Gasteiger partial charge in [0.15, 0.2) is 0 Å². The molecule has 0 saturated carbocycles. The average Bonchev–Trinajstić information content (AvgIpc) is 2.37. The second-order valence-electron chi connectivity index (χ2n) is 5.20. The molecule has 0 atom stereocenters. The second-order valence-corrected chi connectivity index (χ2v) is 5.20. The lowest BCUT2D eigenvalue weighted by Gasteiger charge is -2.34. The molecule has 1 aromatic heterocycles. The van der Waals surface area contributed by atoms with E-state index in [1.54, 1.807) is 0 Å². The monoisotopic (exact) mass is 268 g/mol. The number of aromatic nitrogens is 1. The minimum Gasteiger partial charge on any atom is -0.333 e. The maximum atomic E-state index is 12.7. The first-order valence-electron chi connectivity index (χ1n) is 6.47. The Balaban J connectivity index is 2.02. The molecule has 2 nitrogen and oxygen atoms in total. The minimum atomic E-state index is -4.32. The predicted octanol–water partition coefficient (Wildman–Crippen LogP) is 3.92. The van der Waals surface area contributed by atoms with Crippen LogP contribution in [0.3, 0.4) is 0 Å². The fourth-order valence-electron chi connectivity index (χ4n) is 3.00. The van der Waals surface area contributed by atoms with Crippen molar-refractivity contribution in [2.24, 2.45) is 0 Å². The van der Waals surface area contributed by atoms with Gasteiger partial charge in [0.25, 0.3) is 0 Å². The van der Waals surface area contributed by atoms with E-state index in [0.29, 0.717) is 17.8 Å². The number of allylic oxidation sites excluding steroid dienone is 2. The van der Waals surface area contributed by atoms with Gasteiger partial charge in [-0.3, -0.25) is 0 Å². The molecule has 0 amide bonds. The maximum Gasteiger partial charge on any atom is 0.417 e. The third kappa shape index (κ3) is 2.11. The van der Waals surface area contributed by atoms with Crippen LogP contribution < -0.4 is 4.90 Å². The molecule has 0 radical (unpaired) electrons. The van der Waals surface area contributed by atoms with Crippen molar-refractivity contribution < 1.29 is 13.2 Å². The predicted molar refractivity (Wildman–Crippen MR) is 66.8 cm³/mol. The number of rotatable bonds is 0. The van der Waals surface area contributed by atoms with Crippen LogP contribution in [0.4, 0.5) is 19.0 Å².